The molecule has 0 aromatic heterocycles. The van der Waals surface area contributed by atoms with Gasteiger partial charge >= 0.3 is 0 Å². The smallest absolute Gasteiger partial charge is 0.228 e. The third-order valence-electron chi connectivity index (χ3n) is 5.32. The fourth-order valence-electron chi connectivity index (χ4n) is 4.01. The molecule has 0 bridgehead atoms. The Balaban J connectivity index is 1.90. The maximum atomic E-state index is 13.1. The van der Waals surface area contributed by atoms with E-state index >= 15 is 0 Å². The van der Waals surface area contributed by atoms with Gasteiger partial charge in [0.05, 0.1) is 11.6 Å². The van der Waals surface area contributed by atoms with Gasteiger partial charge in [-0.3, -0.25) is 14.5 Å². The summed E-state index contributed by atoms with van der Waals surface area (Å²) in [6, 6.07) is 6.34. The Hall–Kier alpha value is -1.98. The van der Waals surface area contributed by atoms with Gasteiger partial charge in [-0.05, 0) is 39.8 Å². The minimum atomic E-state index is -0.922. The second-order valence-electron chi connectivity index (χ2n) is 7.28. The van der Waals surface area contributed by atoms with E-state index in [4.69, 9.17) is 4.74 Å². The van der Waals surface area contributed by atoms with E-state index in [1.165, 1.54) is 0 Å². The van der Waals surface area contributed by atoms with Gasteiger partial charge < -0.3 is 9.84 Å². The first-order valence-corrected chi connectivity index (χ1v) is 8.45. The lowest BCUT2D eigenvalue weighted by atomic mass is 9.77. The molecule has 2 heterocycles. The number of allylic oxidation sites excluding steroid dienone is 1. The van der Waals surface area contributed by atoms with Gasteiger partial charge in [-0.2, -0.15) is 0 Å². The van der Waals surface area contributed by atoms with Crippen molar-refractivity contribution in [2.45, 2.75) is 44.4 Å². The highest BCUT2D eigenvalue weighted by Crippen LogP contribution is 2.41. The van der Waals surface area contributed by atoms with Crippen LogP contribution >= 0.6 is 0 Å². The van der Waals surface area contributed by atoms with Crippen LogP contribution in [0.15, 0.2) is 35.6 Å². The lowest BCUT2D eigenvalue weighted by Gasteiger charge is -2.46. The third-order valence-corrected chi connectivity index (χ3v) is 5.32. The molecule has 0 radical (unpaired) electrons. The second kappa shape index (κ2) is 5.26. The number of hydrogen-bond donors (Lipinski definition) is 1. The number of nitrogens with zero attached hydrogens (tertiary/aromatic N) is 1. The Bertz CT molecular complexity index is 758. The number of aliphatic hydroxyl groups is 1. The Morgan fingerprint density at radius 2 is 1.67 bits per heavy atom. The number of ether oxygens (including phenoxy) is 1. The predicted molar refractivity (Wildman–Crippen MR) is 87.9 cm³/mol. The summed E-state index contributed by atoms with van der Waals surface area (Å²) in [6.45, 7) is 5.17. The number of ketones is 2. The number of carbonyl (C=O) groups is 2. The maximum Gasteiger partial charge on any atom is 0.228 e. The molecule has 1 N–H and O–H groups in total. The van der Waals surface area contributed by atoms with Crippen molar-refractivity contribution in [3.05, 3.63) is 46.7 Å². The Morgan fingerprint density at radius 3 is 2.29 bits per heavy atom. The molecular weight excluding hydrogens is 306 g/mol. The summed E-state index contributed by atoms with van der Waals surface area (Å²) < 4.78 is 5.85. The van der Waals surface area contributed by atoms with Crippen molar-refractivity contribution in [3.8, 4) is 0 Å². The molecule has 0 saturated carbocycles. The number of carbonyl (C=O) groups excluding carboxylic acids is 2. The van der Waals surface area contributed by atoms with Gasteiger partial charge in [0.15, 0.2) is 11.5 Å². The van der Waals surface area contributed by atoms with Gasteiger partial charge in [0.25, 0.3) is 0 Å². The number of rotatable bonds is 1. The van der Waals surface area contributed by atoms with Crippen molar-refractivity contribution in [3.63, 3.8) is 0 Å². The second-order valence-corrected chi connectivity index (χ2v) is 7.28. The van der Waals surface area contributed by atoms with E-state index in [1.807, 2.05) is 0 Å². The topological polar surface area (TPSA) is 66.8 Å². The molecule has 126 valence electrons. The molecule has 5 nitrogen and oxygen atoms in total. The van der Waals surface area contributed by atoms with E-state index < -0.39 is 17.7 Å². The standard InChI is InChI=1S/C19H21NO4/c1-19(2)18(23)14(20-9-5-6-10-20)13-15(21)11-7-3-4-8-12(11)16(22)17(13)24-19/h3-4,7-8,14,18,23H,5-6,9-10H2,1-2H3/t14-,18-/m1/s1. The number of Topliss-reactive ketones (excluding diaryl/α,β-unsaturated/α-hetero) is 2. The zero-order valence-electron chi connectivity index (χ0n) is 13.9. The molecule has 0 spiro atoms. The lowest BCUT2D eigenvalue weighted by Crippen LogP contribution is -2.59. The van der Waals surface area contributed by atoms with E-state index in [-0.39, 0.29) is 17.3 Å². The molecule has 4 rings (SSSR count). The predicted octanol–water partition coefficient (Wildman–Crippen LogP) is 1.95. The SMILES string of the molecule is CC1(C)OC2=C(C(=O)c3ccccc3C2=O)[C@@H](N2CCCC2)[C@H]1O. The highest BCUT2D eigenvalue weighted by molar-refractivity contribution is 6.26. The molecule has 0 amide bonds. The minimum Gasteiger partial charge on any atom is -0.480 e. The van der Waals surface area contributed by atoms with Gasteiger partial charge in [-0.15, -0.1) is 0 Å². The van der Waals surface area contributed by atoms with Gasteiger partial charge in [0.2, 0.25) is 5.78 Å². The van der Waals surface area contributed by atoms with E-state index in [2.05, 4.69) is 4.90 Å². The largest absolute Gasteiger partial charge is 0.480 e. The zero-order chi connectivity index (χ0) is 17.1. The quantitative estimate of drug-likeness (QED) is 0.854. The molecular formula is C19H21NO4. The first kappa shape index (κ1) is 15.5. The Morgan fingerprint density at radius 1 is 1.08 bits per heavy atom. The first-order chi connectivity index (χ1) is 11.4. The van der Waals surface area contributed by atoms with Crippen LogP contribution in [-0.2, 0) is 4.74 Å². The van der Waals surface area contributed by atoms with Crippen LogP contribution in [-0.4, -0.2) is 52.4 Å². The molecule has 1 aliphatic carbocycles. The number of aliphatic hydroxyl groups excluding tert-OH is 1. The molecule has 24 heavy (non-hydrogen) atoms. The summed E-state index contributed by atoms with van der Waals surface area (Å²) in [5.74, 6) is -0.345. The summed E-state index contributed by atoms with van der Waals surface area (Å²) >= 11 is 0. The average Bonchev–Trinajstić information content (AvgIpc) is 3.08. The molecule has 3 aliphatic rings. The van der Waals surface area contributed by atoms with Gasteiger partial charge in [0, 0.05) is 11.1 Å². The highest BCUT2D eigenvalue weighted by atomic mass is 16.5. The summed E-state index contributed by atoms with van der Waals surface area (Å²) in [6.07, 6.45) is 1.20. The molecule has 1 aromatic carbocycles. The van der Waals surface area contributed by atoms with Crippen LogP contribution < -0.4 is 0 Å². The fraction of sp³-hybridized carbons (Fsp3) is 0.474. The molecule has 0 unspecified atom stereocenters. The molecule has 1 saturated heterocycles. The third kappa shape index (κ3) is 2.08. The average molecular weight is 327 g/mol. The number of fused-ring (bicyclic) bond motifs is 1. The fourth-order valence-corrected chi connectivity index (χ4v) is 4.01. The summed E-state index contributed by atoms with van der Waals surface area (Å²) in [5.41, 5.74) is 0.191. The van der Waals surface area contributed by atoms with E-state index in [9.17, 15) is 14.7 Å². The molecule has 2 atom stereocenters. The van der Waals surface area contributed by atoms with E-state index in [0.717, 1.165) is 25.9 Å². The van der Waals surface area contributed by atoms with Crippen LogP contribution in [0.4, 0.5) is 0 Å². The molecule has 2 aliphatic heterocycles. The molecule has 5 heteroatoms. The highest BCUT2D eigenvalue weighted by Gasteiger charge is 2.52. The molecule has 1 fully saturated rings. The van der Waals surface area contributed by atoms with Crippen molar-refractivity contribution >= 4 is 11.6 Å². The van der Waals surface area contributed by atoms with Crippen LogP contribution in [0.5, 0.6) is 0 Å². The van der Waals surface area contributed by atoms with Crippen LogP contribution in [0.3, 0.4) is 0 Å². The van der Waals surface area contributed by atoms with E-state index in [1.54, 1.807) is 38.1 Å². The number of hydrogen-bond acceptors (Lipinski definition) is 5. The summed E-state index contributed by atoms with van der Waals surface area (Å²) in [7, 11) is 0. The van der Waals surface area contributed by atoms with Gasteiger partial charge in [-0.25, -0.2) is 0 Å². The van der Waals surface area contributed by atoms with Crippen molar-refractivity contribution in [1.82, 2.24) is 4.90 Å². The van der Waals surface area contributed by atoms with Crippen LogP contribution in [0.25, 0.3) is 0 Å². The lowest BCUT2D eigenvalue weighted by molar-refractivity contribution is -0.109. The normalized spacial score (nSPS) is 29.3. The number of likely N-dealkylation sites (tertiary alicyclic amines) is 1. The summed E-state index contributed by atoms with van der Waals surface area (Å²) in [4.78, 5) is 28.1. The van der Waals surface area contributed by atoms with Crippen LogP contribution in [0.2, 0.25) is 0 Å². The van der Waals surface area contributed by atoms with Crippen molar-refractivity contribution in [2.75, 3.05) is 13.1 Å². The van der Waals surface area contributed by atoms with Crippen molar-refractivity contribution in [1.29, 1.82) is 0 Å². The monoisotopic (exact) mass is 327 g/mol. The Kier molecular flexibility index (Phi) is 3.41. The maximum absolute atomic E-state index is 13.1. The van der Waals surface area contributed by atoms with Crippen molar-refractivity contribution in [2.24, 2.45) is 0 Å². The Labute approximate surface area is 140 Å². The van der Waals surface area contributed by atoms with Crippen LogP contribution in [0, 0.1) is 0 Å². The number of benzene rings is 1. The minimum absolute atomic E-state index is 0.117. The van der Waals surface area contributed by atoms with Crippen molar-refractivity contribution < 1.29 is 19.4 Å². The summed E-state index contributed by atoms with van der Waals surface area (Å²) in [5, 5.41) is 10.9. The molecule has 1 aromatic rings. The van der Waals surface area contributed by atoms with E-state index in [0.29, 0.717) is 16.7 Å². The van der Waals surface area contributed by atoms with Crippen LogP contribution in [0.1, 0.15) is 47.4 Å². The zero-order valence-corrected chi connectivity index (χ0v) is 13.9. The van der Waals surface area contributed by atoms with Gasteiger partial charge in [0.1, 0.15) is 11.7 Å². The first-order valence-electron chi connectivity index (χ1n) is 8.45. The van der Waals surface area contributed by atoms with Gasteiger partial charge in [-0.1, -0.05) is 24.3 Å².